The first kappa shape index (κ1) is 18.3. The minimum absolute atomic E-state index is 0.0441. The first-order valence-electron chi connectivity index (χ1n) is 8.99. The van der Waals surface area contributed by atoms with E-state index in [0.717, 1.165) is 21.9 Å². The highest BCUT2D eigenvalue weighted by Crippen LogP contribution is 2.21. The lowest BCUT2D eigenvalue weighted by molar-refractivity contribution is 0.0729. The van der Waals surface area contributed by atoms with Crippen molar-refractivity contribution in [2.45, 2.75) is 26.8 Å². The summed E-state index contributed by atoms with van der Waals surface area (Å²) in [7, 11) is 0. The van der Waals surface area contributed by atoms with E-state index in [2.05, 4.69) is 27.9 Å². The van der Waals surface area contributed by atoms with Crippen LogP contribution in [0, 0.1) is 31.6 Å². The van der Waals surface area contributed by atoms with Crippen LogP contribution in [0.1, 0.15) is 42.6 Å². The Morgan fingerprint density at radius 1 is 1.21 bits per heavy atom. The fourth-order valence-corrected chi connectivity index (χ4v) is 4.06. The number of fused-ring (bicyclic) bond motifs is 1. The lowest BCUT2D eigenvalue weighted by atomic mass is 9.99. The normalized spacial score (nSPS) is 12.9. The van der Waals surface area contributed by atoms with E-state index in [-0.39, 0.29) is 11.5 Å². The minimum Gasteiger partial charge on any atom is -0.334 e. The van der Waals surface area contributed by atoms with Gasteiger partial charge in [-0.3, -0.25) is 4.79 Å². The van der Waals surface area contributed by atoms with E-state index in [4.69, 9.17) is 0 Å². The molecular weight excluding hydrogens is 373 g/mol. The molecule has 0 unspecified atom stereocenters. The van der Waals surface area contributed by atoms with Gasteiger partial charge in [0.1, 0.15) is 5.69 Å². The number of carbonyl (C=O) groups is 1. The van der Waals surface area contributed by atoms with Crippen molar-refractivity contribution in [3.05, 3.63) is 80.3 Å². The maximum atomic E-state index is 14.3. The van der Waals surface area contributed by atoms with Crippen molar-refractivity contribution in [1.29, 1.82) is 0 Å². The van der Waals surface area contributed by atoms with Crippen molar-refractivity contribution >= 4 is 17.2 Å². The molecule has 0 saturated heterocycles. The van der Waals surface area contributed by atoms with Crippen LogP contribution in [-0.2, 0) is 13.0 Å². The molecule has 28 heavy (non-hydrogen) atoms. The number of hydrogen-bond acceptors (Lipinski definition) is 4. The summed E-state index contributed by atoms with van der Waals surface area (Å²) >= 11 is 1.58. The van der Waals surface area contributed by atoms with E-state index >= 15 is 0 Å². The summed E-state index contributed by atoms with van der Waals surface area (Å²) in [6, 6.07) is 9.49. The Morgan fingerprint density at radius 3 is 2.75 bits per heavy atom. The average Bonchev–Trinajstić information content (AvgIpc) is 3.03. The van der Waals surface area contributed by atoms with Crippen molar-refractivity contribution in [1.82, 2.24) is 14.9 Å². The van der Waals surface area contributed by atoms with E-state index in [1.54, 1.807) is 16.2 Å². The molecule has 4 nitrogen and oxygen atoms in total. The molecule has 0 N–H and O–H groups in total. The summed E-state index contributed by atoms with van der Waals surface area (Å²) in [6.45, 7) is 4.92. The Kier molecular flexibility index (Phi) is 4.93. The molecule has 1 aromatic carbocycles. The molecule has 0 atom stereocenters. The third-order valence-electron chi connectivity index (χ3n) is 4.72. The van der Waals surface area contributed by atoms with Gasteiger partial charge in [-0.25, -0.2) is 9.97 Å². The zero-order valence-electron chi connectivity index (χ0n) is 15.6. The number of rotatable bonds is 1. The van der Waals surface area contributed by atoms with Crippen molar-refractivity contribution in [3.8, 4) is 11.8 Å². The third kappa shape index (κ3) is 3.67. The second-order valence-corrected chi connectivity index (χ2v) is 8.10. The van der Waals surface area contributed by atoms with Crippen LogP contribution in [0.3, 0.4) is 0 Å². The topological polar surface area (TPSA) is 46.1 Å². The fraction of sp³-hybridized carbons (Fsp3) is 0.227. The van der Waals surface area contributed by atoms with Crippen LogP contribution in [0.15, 0.2) is 36.5 Å². The van der Waals surface area contributed by atoms with Crippen molar-refractivity contribution in [2.75, 3.05) is 6.54 Å². The second kappa shape index (κ2) is 7.53. The van der Waals surface area contributed by atoms with Crippen LogP contribution in [0.25, 0.3) is 0 Å². The number of carbonyl (C=O) groups excluding carboxylic acids is 1. The molecule has 2 aromatic heterocycles. The van der Waals surface area contributed by atoms with E-state index in [0.29, 0.717) is 24.3 Å². The number of hydrogen-bond donors (Lipinski definition) is 0. The van der Waals surface area contributed by atoms with Crippen LogP contribution >= 0.6 is 11.3 Å². The summed E-state index contributed by atoms with van der Waals surface area (Å²) < 4.78 is 14.3. The summed E-state index contributed by atoms with van der Waals surface area (Å²) in [4.78, 5) is 23.7. The van der Waals surface area contributed by atoms with E-state index < -0.39 is 5.95 Å². The van der Waals surface area contributed by atoms with Gasteiger partial charge >= 0.3 is 0 Å². The van der Waals surface area contributed by atoms with Gasteiger partial charge in [-0.15, -0.1) is 11.3 Å². The van der Waals surface area contributed by atoms with Gasteiger partial charge in [0.15, 0.2) is 0 Å². The molecular formula is C22H18FN3OS. The quantitative estimate of drug-likeness (QED) is 0.467. The number of aryl methyl sites for hydroxylation is 2. The van der Waals surface area contributed by atoms with Crippen LogP contribution in [-0.4, -0.2) is 27.3 Å². The van der Waals surface area contributed by atoms with Gasteiger partial charge < -0.3 is 4.90 Å². The third-order valence-corrected chi connectivity index (χ3v) is 5.60. The molecule has 1 aliphatic rings. The first-order chi connectivity index (χ1) is 13.5. The molecule has 0 radical (unpaired) electrons. The summed E-state index contributed by atoms with van der Waals surface area (Å²) in [5.74, 6) is 4.81. The molecule has 0 saturated carbocycles. The molecule has 1 amide bonds. The number of thiazole rings is 1. The predicted molar refractivity (Wildman–Crippen MR) is 107 cm³/mol. The zero-order chi connectivity index (χ0) is 19.7. The lowest BCUT2D eigenvalue weighted by Gasteiger charge is -2.28. The van der Waals surface area contributed by atoms with Crippen molar-refractivity contribution in [3.63, 3.8) is 0 Å². The van der Waals surface area contributed by atoms with E-state index in [1.807, 2.05) is 32.0 Å². The van der Waals surface area contributed by atoms with Crippen LogP contribution in [0.5, 0.6) is 0 Å². The highest BCUT2D eigenvalue weighted by molar-refractivity contribution is 7.11. The zero-order valence-corrected chi connectivity index (χ0v) is 16.4. The monoisotopic (exact) mass is 391 g/mol. The molecule has 0 aliphatic carbocycles. The first-order valence-corrected chi connectivity index (χ1v) is 9.80. The number of amides is 1. The molecule has 0 spiro atoms. The Hall–Kier alpha value is -3.04. The van der Waals surface area contributed by atoms with Gasteiger partial charge in [0.05, 0.1) is 10.6 Å². The van der Waals surface area contributed by atoms with E-state index in [9.17, 15) is 9.18 Å². The van der Waals surface area contributed by atoms with Gasteiger partial charge in [-0.2, -0.15) is 4.39 Å². The maximum absolute atomic E-state index is 14.3. The van der Waals surface area contributed by atoms with Crippen LogP contribution in [0.4, 0.5) is 4.39 Å². The highest BCUT2D eigenvalue weighted by Gasteiger charge is 2.24. The van der Waals surface area contributed by atoms with E-state index in [1.165, 1.54) is 17.8 Å². The largest absolute Gasteiger partial charge is 0.334 e. The van der Waals surface area contributed by atoms with Gasteiger partial charge in [-0.05, 0) is 43.4 Å². The smallest absolute Gasteiger partial charge is 0.258 e. The Morgan fingerprint density at radius 2 is 2.00 bits per heavy atom. The van der Waals surface area contributed by atoms with Gasteiger partial charge in [0, 0.05) is 29.7 Å². The lowest BCUT2D eigenvalue weighted by Crippen LogP contribution is -2.36. The molecule has 6 heteroatoms. The highest BCUT2D eigenvalue weighted by atomic mass is 32.1. The van der Waals surface area contributed by atoms with Crippen molar-refractivity contribution in [2.24, 2.45) is 0 Å². The minimum atomic E-state index is -0.768. The van der Waals surface area contributed by atoms with Gasteiger partial charge in [0.25, 0.3) is 5.91 Å². The molecule has 140 valence electrons. The number of halogens is 1. The molecule has 1 aliphatic heterocycles. The van der Waals surface area contributed by atoms with Gasteiger partial charge in [-0.1, -0.05) is 30.2 Å². The average molecular weight is 391 g/mol. The van der Waals surface area contributed by atoms with Crippen LogP contribution in [0.2, 0.25) is 0 Å². The summed E-state index contributed by atoms with van der Waals surface area (Å²) in [5, 5.41) is 0.945. The Bertz CT molecular complexity index is 1130. The number of benzene rings is 1. The predicted octanol–water partition coefficient (Wildman–Crippen LogP) is 3.89. The number of nitrogens with zero attached hydrogens (tertiary/aromatic N) is 3. The molecule has 4 rings (SSSR count). The molecule has 3 aromatic rings. The van der Waals surface area contributed by atoms with Crippen LogP contribution < -0.4 is 0 Å². The second-order valence-electron chi connectivity index (χ2n) is 6.70. The molecule has 0 fully saturated rings. The molecule has 0 bridgehead atoms. The fourth-order valence-electron chi connectivity index (χ4n) is 3.28. The SMILES string of the molecule is Cc1nc(C#Cc2cnc(F)c(C(=O)N3CCc4ccccc4C3)c2)c(C)s1. The maximum Gasteiger partial charge on any atom is 0.258 e. The summed E-state index contributed by atoms with van der Waals surface area (Å²) in [6.07, 6.45) is 2.11. The summed E-state index contributed by atoms with van der Waals surface area (Å²) in [5.41, 5.74) is 3.48. The molecule has 3 heterocycles. The number of pyridine rings is 1. The Labute approximate surface area is 167 Å². The number of aromatic nitrogens is 2. The van der Waals surface area contributed by atoms with Crippen molar-refractivity contribution < 1.29 is 9.18 Å². The van der Waals surface area contributed by atoms with Gasteiger partial charge in [0.2, 0.25) is 5.95 Å². The standard InChI is InChI=1S/C22H18FN3OS/c1-14-20(25-15(2)28-14)8-7-16-11-19(21(23)24-12-16)22(27)26-10-9-17-5-3-4-6-18(17)13-26/h3-6,11-12H,9-10,13H2,1-2H3. The Balaban J connectivity index is 1.59.